The van der Waals surface area contributed by atoms with Crippen molar-refractivity contribution in [1.29, 1.82) is 0 Å². The van der Waals surface area contributed by atoms with Crippen LogP contribution in [0.25, 0.3) is 5.70 Å². The first-order valence-electron chi connectivity index (χ1n) is 9.21. The summed E-state index contributed by atoms with van der Waals surface area (Å²) in [5, 5.41) is 3.40. The van der Waals surface area contributed by atoms with Crippen molar-refractivity contribution < 1.29 is 9.59 Å². The molecule has 5 nitrogen and oxygen atoms in total. The van der Waals surface area contributed by atoms with Gasteiger partial charge in [0, 0.05) is 51.6 Å². The molecule has 0 spiro atoms. The van der Waals surface area contributed by atoms with Gasteiger partial charge < -0.3 is 16.8 Å². The Morgan fingerprint density at radius 1 is 1.04 bits per heavy atom. The molecule has 2 aromatic carbocycles. The number of Topliss-reactive ketones (excluding diaryl/α,β-unsaturated/α-hetero) is 1. The van der Waals surface area contributed by atoms with Gasteiger partial charge in [0.05, 0.1) is 5.70 Å². The number of hydrogen-bond acceptors (Lipinski definition) is 4. The summed E-state index contributed by atoms with van der Waals surface area (Å²) < 4.78 is 0. The van der Waals surface area contributed by atoms with Crippen LogP contribution in [0.4, 0.5) is 0 Å². The van der Waals surface area contributed by atoms with Gasteiger partial charge >= 0.3 is 0 Å². The zero-order chi connectivity index (χ0) is 19.6. The number of nitrogens with one attached hydrogen (secondary N) is 1. The van der Waals surface area contributed by atoms with Crippen LogP contribution in [-0.2, 0) is 4.79 Å². The van der Waals surface area contributed by atoms with E-state index in [4.69, 9.17) is 11.5 Å². The Hall–Kier alpha value is -3.60. The number of carbonyl (C=O) groups is 2. The number of ketones is 1. The maximum Gasteiger partial charge on any atom is 0.247 e. The smallest absolute Gasteiger partial charge is 0.247 e. The molecule has 5 rings (SSSR count). The first kappa shape index (κ1) is 16.6. The highest BCUT2D eigenvalue weighted by Crippen LogP contribution is 2.50. The van der Waals surface area contributed by atoms with Crippen molar-refractivity contribution in [3.05, 3.63) is 98.9 Å². The Morgan fingerprint density at radius 3 is 2.39 bits per heavy atom. The van der Waals surface area contributed by atoms with E-state index in [1.54, 1.807) is 0 Å². The third-order valence-electron chi connectivity index (χ3n) is 5.81. The minimum Gasteiger partial charge on any atom is -0.398 e. The number of hydrogen-bond donors (Lipinski definition) is 3. The predicted octanol–water partition coefficient (Wildman–Crippen LogP) is 2.65. The first-order chi connectivity index (χ1) is 13.5. The van der Waals surface area contributed by atoms with E-state index in [1.807, 2.05) is 55.5 Å². The number of allylic oxidation sites excluding steroid dienone is 3. The minimum absolute atomic E-state index is 0.00412. The Labute approximate surface area is 162 Å². The summed E-state index contributed by atoms with van der Waals surface area (Å²) in [4.78, 5) is 25.2. The second kappa shape index (κ2) is 5.70. The van der Waals surface area contributed by atoms with Crippen LogP contribution in [0.2, 0.25) is 0 Å². The number of aryl methyl sites for hydroxylation is 1. The van der Waals surface area contributed by atoms with Gasteiger partial charge in [0.1, 0.15) is 0 Å². The molecule has 0 aromatic heterocycles. The lowest BCUT2D eigenvalue weighted by Crippen LogP contribution is -2.26. The molecule has 1 amide bonds. The fourth-order valence-corrected chi connectivity index (χ4v) is 4.45. The molecule has 1 atom stereocenters. The van der Waals surface area contributed by atoms with Gasteiger partial charge in [-0.25, -0.2) is 0 Å². The van der Waals surface area contributed by atoms with Gasteiger partial charge in [0.15, 0.2) is 5.78 Å². The second-order valence-corrected chi connectivity index (χ2v) is 7.46. The standard InChI is InChI=1S/C23H19N3O2/c1-11-6-8-12(9-7-11)17-18-16(10-15(20(18)24)23(25)28)26-21-13-4-2-3-5-14(13)22(27)19(17)21/h2-9,17,26H,10,24H2,1H3,(H2,25,28). The molecular weight excluding hydrogens is 350 g/mol. The van der Waals surface area contributed by atoms with Crippen molar-refractivity contribution >= 4 is 17.4 Å². The molecule has 2 aromatic rings. The van der Waals surface area contributed by atoms with E-state index in [-0.39, 0.29) is 11.7 Å². The summed E-state index contributed by atoms with van der Waals surface area (Å²) in [6.07, 6.45) is 0.353. The summed E-state index contributed by atoms with van der Waals surface area (Å²) in [6, 6.07) is 15.7. The van der Waals surface area contributed by atoms with Gasteiger partial charge in [-0.3, -0.25) is 9.59 Å². The molecule has 138 valence electrons. The third-order valence-corrected chi connectivity index (χ3v) is 5.81. The SMILES string of the molecule is Cc1ccc(C2C3=C(CC(C(N)=O)=C3N)NC3=C2C(=O)c2ccccc23)cc1. The van der Waals surface area contributed by atoms with Crippen molar-refractivity contribution in [2.24, 2.45) is 11.5 Å². The van der Waals surface area contributed by atoms with E-state index >= 15 is 0 Å². The van der Waals surface area contributed by atoms with Crippen LogP contribution in [0.5, 0.6) is 0 Å². The van der Waals surface area contributed by atoms with E-state index < -0.39 is 5.91 Å². The molecule has 0 bridgehead atoms. The summed E-state index contributed by atoms with van der Waals surface area (Å²) in [7, 11) is 0. The molecule has 2 aliphatic carbocycles. The Kier molecular flexibility index (Phi) is 3.37. The molecule has 5 heteroatoms. The van der Waals surface area contributed by atoms with Crippen LogP contribution in [0.15, 0.2) is 76.6 Å². The average Bonchev–Trinajstić information content (AvgIpc) is 3.17. The van der Waals surface area contributed by atoms with Crippen LogP contribution in [0.1, 0.15) is 39.4 Å². The Bertz CT molecular complexity index is 1170. The van der Waals surface area contributed by atoms with E-state index in [1.165, 1.54) is 0 Å². The maximum absolute atomic E-state index is 13.3. The van der Waals surface area contributed by atoms with Gasteiger partial charge in [-0.05, 0) is 12.5 Å². The van der Waals surface area contributed by atoms with Crippen LogP contribution in [0, 0.1) is 6.92 Å². The van der Waals surface area contributed by atoms with E-state index in [0.29, 0.717) is 28.8 Å². The molecule has 1 unspecified atom stereocenters. The number of benzene rings is 2. The Balaban J connectivity index is 1.74. The van der Waals surface area contributed by atoms with Gasteiger partial charge in [0.25, 0.3) is 0 Å². The first-order valence-corrected chi connectivity index (χ1v) is 9.21. The molecule has 0 saturated heterocycles. The van der Waals surface area contributed by atoms with Gasteiger partial charge in [-0.2, -0.15) is 0 Å². The zero-order valence-electron chi connectivity index (χ0n) is 15.4. The van der Waals surface area contributed by atoms with Crippen LogP contribution < -0.4 is 16.8 Å². The molecule has 0 radical (unpaired) electrons. The highest BCUT2D eigenvalue weighted by molar-refractivity contribution is 6.22. The van der Waals surface area contributed by atoms with Crippen molar-refractivity contribution in [1.82, 2.24) is 5.32 Å². The van der Waals surface area contributed by atoms with Crippen molar-refractivity contribution in [2.75, 3.05) is 0 Å². The Morgan fingerprint density at radius 2 is 1.71 bits per heavy atom. The van der Waals surface area contributed by atoms with Gasteiger partial charge in [0.2, 0.25) is 5.91 Å². The predicted molar refractivity (Wildman–Crippen MR) is 107 cm³/mol. The number of fused-ring (bicyclic) bond motifs is 2. The van der Waals surface area contributed by atoms with Crippen molar-refractivity contribution in [3.63, 3.8) is 0 Å². The van der Waals surface area contributed by atoms with Crippen LogP contribution in [-0.4, -0.2) is 11.7 Å². The normalized spacial score (nSPS) is 20.2. The highest BCUT2D eigenvalue weighted by Gasteiger charge is 2.44. The fraction of sp³-hybridized carbons (Fsp3) is 0.130. The number of dihydropyridines is 1. The summed E-state index contributed by atoms with van der Waals surface area (Å²) >= 11 is 0. The lowest BCUT2D eigenvalue weighted by atomic mass is 9.79. The average molecular weight is 369 g/mol. The molecule has 3 aliphatic rings. The topological polar surface area (TPSA) is 98.2 Å². The third kappa shape index (κ3) is 2.13. The minimum atomic E-state index is -0.525. The van der Waals surface area contributed by atoms with E-state index in [0.717, 1.165) is 33.7 Å². The lowest BCUT2D eigenvalue weighted by Gasteiger charge is -2.29. The monoisotopic (exact) mass is 369 g/mol. The largest absolute Gasteiger partial charge is 0.398 e. The molecule has 0 fully saturated rings. The molecular formula is C23H19N3O2. The highest BCUT2D eigenvalue weighted by atomic mass is 16.1. The number of amides is 1. The summed E-state index contributed by atoms with van der Waals surface area (Å²) in [6.45, 7) is 2.02. The molecule has 5 N–H and O–H groups in total. The van der Waals surface area contributed by atoms with E-state index in [9.17, 15) is 9.59 Å². The molecule has 1 heterocycles. The fourth-order valence-electron chi connectivity index (χ4n) is 4.45. The number of carbonyl (C=O) groups excluding carboxylic acids is 2. The maximum atomic E-state index is 13.3. The second-order valence-electron chi connectivity index (χ2n) is 7.46. The van der Waals surface area contributed by atoms with Crippen LogP contribution in [0.3, 0.4) is 0 Å². The summed E-state index contributed by atoms with van der Waals surface area (Å²) in [5.74, 6) is -0.859. The number of nitrogens with two attached hydrogens (primary N) is 2. The molecule has 0 saturated carbocycles. The van der Waals surface area contributed by atoms with Crippen LogP contribution >= 0.6 is 0 Å². The zero-order valence-corrected chi connectivity index (χ0v) is 15.4. The lowest BCUT2D eigenvalue weighted by molar-refractivity contribution is -0.114. The van der Waals surface area contributed by atoms with Crippen molar-refractivity contribution in [2.45, 2.75) is 19.3 Å². The summed E-state index contributed by atoms with van der Waals surface area (Å²) in [5.41, 5.74) is 19.5. The number of rotatable bonds is 2. The van der Waals surface area contributed by atoms with Gasteiger partial charge in [-0.1, -0.05) is 54.1 Å². The van der Waals surface area contributed by atoms with E-state index in [2.05, 4.69) is 5.32 Å². The molecule has 28 heavy (non-hydrogen) atoms. The van der Waals surface area contributed by atoms with Crippen molar-refractivity contribution in [3.8, 4) is 0 Å². The number of primary amides is 1. The van der Waals surface area contributed by atoms with Gasteiger partial charge in [-0.15, -0.1) is 0 Å². The quantitative estimate of drug-likeness (QED) is 0.758. The molecule has 1 aliphatic heterocycles.